The highest BCUT2D eigenvalue weighted by Gasteiger charge is 2.38. The van der Waals surface area contributed by atoms with Gasteiger partial charge in [-0.15, -0.1) is 0 Å². The number of nitrogens with one attached hydrogen (secondary N) is 2. The van der Waals surface area contributed by atoms with Crippen molar-refractivity contribution < 1.29 is 57.0 Å². The molecule has 0 aromatic heterocycles. The van der Waals surface area contributed by atoms with Crippen molar-refractivity contribution in [3.8, 4) is 11.5 Å². The number of carboxylic acids is 2. The van der Waals surface area contributed by atoms with Crippen LogP contribution in [0.3, 0.4) is 0 Å². The van der Waals surface area contributed by atoms with Crippen LogP contribution >= 0.6 is 0 Å². The second-order valence-corrected chi connectivity index (χ2v) is 8.19. The molecule has 2 amide bonds. The number of carboxylic acid groups (broad SMARTS) is 2. The average Bonchev–Trinajstić information content (AvgIpc) is 2.76. The van der Waals surface area contributed by atoms with Crippen LogP contribution in [0, 0.1) is 0 Å². The molecule has 0 spiro atoms. The number of carbonyl (C=O) groups excluding carboxylic acids is 2. The van der Waals surface area contributed by atoms with Crippen molar-refractivity contribution in [2.24, 2.45) is 0 Å². The number of nitrogens with zero attached hydrogens (tertiary/aromatic N) is 1. The predicted octanol–water partition coefficient (Wildman–Crippen LogP) is -0.499. The molecule has 196 valence electrons. The van der Waals surface area contributed by atoms with Gasteiger partial charge in [0, 0.05) is 13.1 Å². The van der Waals surface area contributed by atoms with Crippen molar-refractivity contribution in [2.75, 3.05) is 26.2 Å². The van der Waals surface area contributed by atoms with Gasteiger partial charge in [-0.1, -0.05) is 6.07 Å². The maximum atomic E-state index is 12.3. The van der Waals surface area contributed by atoms with Gasteiger partial charge in [0.25, 0.3) is 0 Å². The summed E-state index contributed by atoms with van der Waals surface area (Å²) in [6, 6.07) is 2.79. The SMILES string of the molecule is O=C(O)C(F)(F)F.O=C(O)c1c(OC2CN(C(=O)CC3NCCNC3=O)C2)ccc2c1OB(O)CC2. The predicted molar refractivity (Wildman–Crippen MR) is 115 cm³/mol. The quantitative estimate of drug-likeness (QED) is 0.321. The molecule has 36 heavy (non-hydrogen) atoms. The van der Waals surface area contributed by atoms with Gasteiger partial charge in [0.2, 0.25) is 11.8 Å². The van der Waals surface area contributed by atoms with Crippen LogP contribution in [0.1, 0.15) is 22.3 Å². The first-order valence-corrected chi connectivity index (χ1v) is 10.9. The molecule has 0 radical (unpaired) electrons. The summed E-state index contributed by atoms with van der Waals surface area (Å²) in [5.74, 6) is -4.01. The summed E-state index contributed by atoms with van der Waals surface area (Å²) in [7, 11) is -1.04. The molecule has 0 bridgehead atoms. The number of amides is 2. The van der Waals surface area contributed by atoms with E-state index in [4.69, 9.17) is 19.3 Å². The fraction of sp³-hybridized carbons (Fsp3) is 0.500. The molecule has 12 nitrogen and oxygen atoms in total. The minimum atomic E-state index is -5.08. The molecule has 4 rings (SSSR count). The summed E-state index contributed by atoms with van der Waals surface area (Å²) in [6.07, 6.45) is -4.44. The highest BCUT2D eigenvalue weighted by atomic mass is 19.4. The number of benzene rings is 1. The number of rotatable bonds is 5. The van der Waals surface area contributed by atoms with Crippen molar-refractivity contribution in [2.45, 2.75) is 37.5 Å². The Bertz CT molecular complexity index is 1030. The molecule has 0 aliphatic carbocycles. The molecule has 1 aromatic carbocycles. The van der Waals surface area contributed by atoms with Crippen molar-refractivity contribution in [1.29, 1.82) is 0 Å². The van der Waals surface area contributed by atoms with E-state index in [9.17, 15) is 37.7 Å². The van der Waals surface area contributed by atoms with Crippen LogP contribution in [0.5, 0.6) is 11.5 Å². The molecule has 1 atom stereocenters. The van der Waals surface area contributed by atoms with E-state index in [1.54, 1.807) is 17.0 Å². The average molecular weight is 517 g/mol. The number of likely N-dealkylation sites (tertiary alicyclic amines) is 1. The Morgan fingerprint density at radius 1 is 1.19 bits per heavy atom. The first-order chi connectivity index (χ1) is 16.9. The van der Waals surface area contributed by atoms with Gasteiger partial charge in [-0.2, -0.15) is 13.2 Å². The maximum absolute atomic E-state index is 12.3. The van der Waals surface area contributed by atoms with Crippen LogP contribution in [-0.2, 0) is 20.8 Å². The van der Waals surface area contributed by atoms with E-state index in [2.05, 4.69) is 10.6 Å². The molecule has 5 N–H and O–H groups in total. The molecular formula is C20H23BF3N3O9. The van der Waals surface area contributed by atoms with Crippen LogP contribution in [0.25, 0.3) is 0 Å². The van der Waals surface area contributed by atoms with E-state index in [1.807, 2.05) is 0 Å². The number of alkyl halides is 3. The Balaban J connectivity index is 0.000000454. The third-order valence-electron chi connectivity index (χ3n) is 5.58. The fourth-order valence-electron chi connectivity index (χ4n) is 3.73. The largest absolute Gasteiger partial charge is 0.535 e. The van der Waals surface area contributed by atoms with Gasteiger partial charge in [0.05, 0.1) is 25.6 Å². The number of carbonyl (C=O) groups is 4. The summed E-state index contributed by atoms with van der Waals surface area (Å²) < 4.78 is 42.9. The number of aryl methyl sites for hydroxylation is 1. The monoisotopic (exact) mass is 517 g/mol. The lowest BCUT2D eigenvalue weighted by molar-refractivity contribution is -0.192. The zero-order chi connectivity index (χ0) is 26.6. The zero-order valence-corrected chi connectivity index (χ0v) is 18.7. The molecule has 16 heteroatoms. The Hall–Kier alpha value is -3.53. The van der Waals surface area contributed by atoms with Gasteiger partial charge in [-0.05, 0) is 24.4 Å². The molecule has 3 aliphatic heterocycles. The van der Waals surface area contributed by atoms with Gasteiger partial charge in [0.1, 0.15) is 23.2 Å². The van der Waals surface area contributed by atoms with E-state index in [0.29, 0.717) is 44.5 Å². The normalized spacial score (nSPS) is 19.6. The van der Waals surface area contributed by atoms with E-state index >= 15 is 0 Å². The summed E-state index contributed by atoms with van der Waals surface area (Å²) in [5.41, 5.74) is 0.595. The standard InChI is InChI=1S/C18H22BN3O7.C2HF3O2/c23-14(7-12-17(24)21-6-5-20-12)22-8-11(9-22)28-13-2-1-10-3-4-19(27)29-16(10)15(13)18(25)26;3-2(4,5)1(6)7/h1-2,11-12,20,27H,3-9H2,(H,21,24)(H,25,26);(H,6,7). The minimum absolute atomic E-state index is 0.0729. The lowest BCUT2D eigenvalue weighted by atomic mass is 9.78. The van der Waals surface area contributed by atoms with Crippen LogP contribution < -0.4 is 20.0 Å². The summed E-state index contributed by atoms with van der Waals surface area (Å²) in [4.78, 5) is 46.3. The molecular weight excluding hydrogens is 494 g/mol. The van der Waals surface area contributed by atoms with Crippen LogP contribution in [0.15, 0.2) is 12.1 Å². The Morgan fingerprint density at radius 2 is 1.86 bits per heavy atom. The van der Waals surface area contributed by atoms with Gasteiger partial charge < -0.3 is 40.2 Å². The lowest BCUT2D eigenvalue weighted by Gasteiger charge is -2.40. The van der Waals surface area contributed by atoms with Crippen LogP contribution in [0.4, 0.5) is 13.2 Å². The summed E-state index contributed by atoms with van der Waals surface area (Å²) in [5, 5.41) is 32.2. The lowest BCUT2D eigenvalue weighted by Crippen LogP contribution is -2.59. The highest BCUT2D eigenvalue weighted by molar-refractivity contribution is 6.44. The summed E-state index contributed by atoms with van der Waals surface area (Å²) >= 11 is 0. The number of hydrogen-bond donors (Lipinski definition) is 5. The third kappa shape index (κ3) is 6.57. The molecule has 2 fully saturated rings. The molecule has 1 unspecified atom stereocenters. The van der Waals surface area contributed by atoms with E-state index in [0.717, 1.165) is 0 Å². The second-order valence-electron chi connectivity index (χ2n) is 8.19. The van der Waals surface area contributed by atoms with Gasteiger partial charge in [0.15, 0.2) is 0 Å². The number of fused-ring (bicyclic) bond motifs is 1. The smallest absolute Gasteiger partial charge is 0.522 e. The topological polar surface area (TPSA) is 175 Å². The van der Waals surface area contributed by atoms with E-state index in [1.165, 1.54) is 0 Å². The van der Waals surface area contributed by atoms with Crippen LogP contribution in [0.2, 0.25) is 6.32 Å². The van der Waals surface area contributed by atoms with E-state index in [-0.39, 0.29) is 41.4 Å². The first kappa shape index (κ1) is 27.1. The van der Waals surface area contributed by atoms with Crippen molar-refractivity contribution >= 4 is 30.9 Å². The van der Waals surface area contributed by atoms with Crippen LogP contribution in [-0.4, -0.2) is 95.5 Å². The molecule has 3 heterocycles. The molecule has 0 saturated carbocycles. The molecule has 1 aromatic rings. The van der Waals surface area contributed by atoms with Gasteiger partial charge in [-0.25, -0.2) is 9.59 Å². The van der Waals surface area contributed by atoms with Gasteiger partial charge >= 0.3 is 25.2 Å². The fourth-order valence-corrected chi connectivity index (χ4v) is 3.73. The second kappa shape index (κ2) is 11.0. The Kier molecular flexibility index (Phi) is 8.30. The van der Waals surface area contributed by atoms with Crippen molar-refractivity contribution in [3.05, 3.63) is 23.3 Å². The highest BCUT2D eigenvalue weighted by Crippen LogP contribution is 2.37. The Morgan fingerprint density at radius 3 is 2.44 bits per heavy atom. The number of aromatic carboxylic acids is 1. The maximum Gasteiger partial charge on any atom is 0.522 e. The van der Waals surface area contributed by atoms with Gasteiger partial charge in [-0.3, -0.25) is 9.59 Å². The Labute approximate surface area is 202 Å². The number of hydrogen-bond acceptors (Lipinski definition) is 8. The van der Waals surface area contributed by atoms with Crippen molar-refractivity contribution in [3.63, 3.8) is 0 Å². The number of ether oxygens (including phenoxy) is 1. The third-order valence-corrected chi connectivity index (χ3v) is 5.58. The summed E-state index contributed by atoms with van der Waals surface area (Å²) in [6.45, 7) is 1.80. The zero-order valence-electron chi connectivity index (χ0n) is 18.7. The number of piperazine rings is 1. The van der Waals surface area contributed by atoms with Crippen molar-refractivity contribution in [1.82, 2.24) is 15.5 Å². The molecule has 2 saturated heterocycles. The minimum Gasteiger partial charge on any atom is -0.535 e. The number of halogens is 3. The first-order valence-electron chi connectivity index (χ1n) is 10.9. The van der Waals surface area contributed by atoms with E-state index < -0.39 is 31.3 Å². The number of aliphatic carboxylic acids is 1. The molecule has 3 aliphatic rings.